The molecule has 1 aromatic rings. The Kier molecular flexibility index (Phi) is 3.89. The maximum atomic E-state index is 12.2. The zero-order valence-electron chi connectivity index (χ0n) is 11.4. The molecule has 0 bridgehead atoms. The number of hydrogen-bond donors (Lipinski definition) is 1. The van der Waals surface area contributed by atoms with Crippen LogP contribution in [0.2, 0.25) is 0 Å². The highest BCUT2D eigenvalue weighted by molar-refractivity contribution is 6.00. The maximum absolute atomic E-state index is 12.2. The first-order valence-electron chi connectivity index (χ1n) is 6.46. The number of nitrogens with zero attached hydrogens (tertiary/aromatic N) is 2. The lowest BCUT2D eigenvalue weighted by Gasteiger charge is -2.34. The predicted molar refractivity (Wildman–Crippen MR) is 73.8 cm³/mol. The average Bonchev–Trinajstić information content (AvgIpc) is 2.42. The Morgan fingerprint density at radius 1 is 1.55 bits per heavy atom. The number of anilines is 1. The number of fused-ring (bicyclic) bond motifs is 1. The van der Waals surface area contributed by atoms with Gasteiger partial charge in [0.1, 0.15) is 0 Å². The molecule has 1 aliphatic heterocycles. The zero-order chi connectivity index (χ0) is 14.9. The quantitative estimate of drug-likeness (QED) is 0.664. The molecule has 1 amide bonds. The number of rotatable bonds is 4. The number of amides is 1. The number of non-ortho nitro benzene ring substituents is 1. The van der Waals surface area contributed by atoms with E-state index < -0.39 is 11.0 Å². The summed E-state index contributed by atoms with van der Waals surface area (Å²) >= 11 is 0. The van der Waals surface area contributed by atoms with E-state index in [0.717, 1.165) is 6.42 Å². The van der Waals surface area contributed by atoms with Crippen molar-refractivity contribution in [2.24, 2.45) is 5.73 Å². The molecule has 0 aliphatic carbocycles. The Morgan fingerprint density at radius 3 is 2.85 bits per heavy atom. The second-order valence-electron chi connectivity index (χ2n) is 4.79. The summed E-state index contributed by atoms with van der Waals surface area (Å²) in [6.45, 7) is 3.93. The highest BCUT2D eigenvalue weighted by atomic mass is 16.6. The third-order valence-electron chi connectivity index (χ3n) is 3.30. The first kappa shape index (κ1) is 14.3. The van der Waals surface area contributed by atoms with E-state index in [-0.39, 0.29) is 17.6 Å². The summed E-state index contributed by atoms with van der Waals surface area (Å²) in [5.74, 6) is 0.157. The van der Waals surface area contributed by atoms with Crippen molar-refractivity contribution in [3.8, 4) is 5.75 Å². The summed E-state index contributed by atoms with van der Waals surface area (Å²) in [7, 11) is 0. The molecule has 20 heavy (non-hydrogen) atoms. The second-order valence-corrected chi connectivity index (χ2v) is 4.79. The van der Waals surface area contributed by atoms with Crippen LogP contribution in [0.4, 0.5) is 11.4 Å². The van der Waals surface area contributed by atoms with E-state index in [9.17, 15) is 14.9 Å². The second kappa shape index (κ2) is 5.46. The smallest absolute Gasteiger partial charge is 0.273 e. The molecule has 0 saturated carbocycles. The van der Waals surface area contributed by atoms with Crippen LogP contribution in [0.15, 0.2) is 18.2 Å². The molecular weight excluding hydrogens is 262 g/mol. The van der Waals surface area contributed by atoms with Crippen molar-refractivity contribution >= 4 is 17.3 Å². The molecule has 2 N–H and O–H groups in total. The molecule has 0 saturated heterocycles. The molecule has 7 heteroatoms. The number of nitro groups is 1. The lowest BCUT2D eigenvalue weighted by molar-refractivity contribution is -0.384. The van der Waals surface area contributed by atoms with Crippen LogP contribution < -0.4 is 15.4 Å². The van der Waals surface area contributed by atoms with Crippen LogP contribution >= 0.6 is 0 Å². The van der Waals surface area contributed by atoms with Crippen LogP contribution in [-0.2, 0) is 4.79 Å². The van der Waals surface area contributed by atoms with Gasteiger partial charge in [0.25, 0.3) is 11.6 Å². The summed E-state index contributed by atoms with van der Waals surface area (Å²) in [5, 5.41) is 10.8. The number of ether oxygens (including phenoxy) is 1. The topological polar surface area (TPSA) is 98.7 Å². The van der Waals surface area contributed by atoms with Crippen molar-refractivity contribution in [2.45, 2.75) is 32.4 Å². The van der Waals surface area contributed by atoms with Gasteiger partial charge in [-0.2, -0.15) is 0 Å². The molecule has 1 aromatic carbocycles. The molecule has 0 fully saturated rings. The van der Waals surface area contributed by atoms with Gasteiger partial charge >= 0.3 is 0 Å². The minimum absolute atomic E-state index is 0.0648. The maximum Gasteiger partial charge on any atom is 0.273 e. The molecule has 0 spiro atoms. The molecule has 0 radical (unpaired) electrons. The fraction of sp³-hybridized carbons (Fsp3) is 0.462. The van der Waals surface area contributed by atoms with E-state index in [1.54, 1.807) is 11.8 Å². The van der Waals surface area contributed by atoms with Crippen LogP contribution in [0, 0.1) is 10.1 Å². The Hall–Kier alpha value is -2.15. The molecule has 2 rings (SSSR count). The van der Waals surface area contributed by atoms with Crippen molar-refractivity contribution in [3.63, 3.8) is 0 Å². The van der Waals surface area contributed by atoms with Crippen molar-refractivity contribution in [1.29, 1.82) is 0 Å². The minimum atomic E-state index is -0.673. The van der Waals surface area contributed by atoms with Gasteiger partial charge in [-0.25, -0.2) is 0 Å². The molecule has 1 heterocycles. The molecule has 108 valence electrons. The average molecular weight is 279 g/mol. The number of carbonyl (C=O) groups excluding carboxylic acids is 1. The van der Waals surface area contributed by atoms with E-state index in [1.165, 1.54) is 18.2 Å². The van der Waals surface area contributed by atoms with Gasteiger partial charge in [-0.1, -0.05) is 6.92 Å². The number of nitro benzene ring substituents is 1. The van der Waals surface area contributed by atoms with Gasteiger partial charge < -0.3 is 15.4 Å². The minimum Gasteiger partial charge on any atom is -0.478 e. The normalized spacial score (nSPS) is 19.2. The van der Waals surface area contributed by atoms with Crippen LogP contribution in [0.5, 0.6) is 5.75 Å². The van der Waals surface area contributed by atoms with Crippen molar-refractivity contribution in [3.05, 3.63) is 28.3 Å². The summed E-state index contributed by atoms with van der Waals surface area (Å²) in [6, 6.07) is 4.07. The molecular formula is C13H17N3O4. The summed E-state index contributed by atoms with van der Waals surface area (Å²) in [4.78, 5) is 24.0. The third kappa shape index (κ3) is 2.57. The first-order chi connectivity index (χ1) is 9.43. The zero-order valence-corrected chi connectivity index (χ0v) is 11.4. The first-order valence-corrected chi connectivity index (χ1v) is 6.46. The number of carbonyl (C=O) groups is 1. The SMILES string of the molecule is CCC(N)CN1C(=O)C(C)Oc2cc([N+](=O)[O-])ccc21. The van der Waals surface area contributed by atoms with E-state index in [2.05, 4.69) is 0 Å². The van der Waals surface area contributed by atoms with Gasteiger partial charge in [-0.05, 0) is 19.4 Å². The van der Waals surface area contributed by atoms with Gasteiger partial charge in [0.15, 0.2) is 11.9 Å². The number of nitrogens with two attached hydrogens (primary N) is 1. The van der Waals surface area contributed by atoms with Crippen LogP contribution in [0.3, 0.4) is 0 Å². The fourth-order valence-corrected chi connectivity index (χ4v) is 2.06. The summed E-state index contributed by atoms with van der Waals surface area (Å²) in [5.41, 5.74) is 6.37. The molecule has 0 aromatic heterocycles. The van der Waals surface area contributed by atoms with Gasteiger partial charge in [0.2, 0.25) is 0 Å². The molecule has 2 unspecified atom stereocenters. The van der Waals surface area contributed by atoms with Gasteiger partial charge in [-0.3, -0.25) is 14.9 Å². The van der Waals surface area contributed by atoms with Crippen molar-refractivity contribution < 1.29 is 14.5 Å². The van der Waals surface area contributed by atoms with Crippen LogP contribution in [0.1, 0.15) is 20.3 Å². The highest BCUT2D eigenvalue weighted by Crippen LogP contribution is 2.36. The van der Waals surface area contributed by atoms with Gasteiger partial charge in [0, 0.05) is 18.7 Å². The lowest BCUT2D eigenvalue weighted by atomic mass is 10.1. The van der Waals surface area contributed by atoms with Gasteiger partial charge in [-0.15, -0.1) is 0 Å². The standard InChI is InChI=1S/C13H17N3O4/c1-3-9(14)7-15-11-5-4-10(16(18)19)6-12(11)20-8(2)13(15)17/h4-6,8-9H,3,7,14H2,1-2H3. The summed E-state index contributed by atoms with van der Waals surface area (Å²) < 4.78 is 5.44. The van der Waals surface area contributed by atoms with E-state index in [4.69, 9.17) is 10.5 Å². The van der Waals surface area contributed by atoms with Gasteiger partial charge in [0.05, 0.1) is 16.7 Å². The highest BCUT2D eigenvalue weighted by Gasteiger charge is 2.33. The number of hydrogen-bond acceptors (Lipinski definition) is 5. The van der Waals surface area contributed by atoms with Crippen molar-refractivity contribution in [1.82, 2.24) is 0 Å². The van der Waals surface area contributed by atoms with E-state index in [1.807, 2.05) is 6.92 Å². The lowest BCUT2D eigenvalue weighted by Crippen LogP contribution is -2.49. The van der Waals surface area contributed by atoms with E-state index >= 15 is 0 Å². The van der Waals surface area contributed by atoms with Crippen LogP contribution in [0.25, 0.3) is 0 Å². The van der Waals surface area contributed by atoms with Crippen molar-refractivity contribution in [2.75, 3.05) is 11.4 Å². The molecule has 2 atom stereocenters. The molecule has 7 nitrogen and oxygen atoms in total. The largest absolute Gasteiger partial charge is 0.478 e. The Balaban J connectivity index is 2.40. The fourth-order valence-electron chi connectivity index (χ4n) is 2.06. The molecule has 1 aliphatic rings. The third-order valence-corrected chi connectivity index (χ3v) is 3.30. The Bertz CT molecular complexity index is 546. The monoisotopic (exact) mass is 279 g/mol. The summed E-state index contributed by atoms with van der Waals surface area (Å²) in [6.07, 6.45) is 0.0648. The Labute approximate surface area is 116 Å². The predicted octanol–water partition coefficient (Wildman–Crippen LogP) is 1.45. The number of benzene rings is 1. The van der Waals surface area contributed by atoms with Crippen LogP contribution in [-0.4, -0.2) is 29.5 Å². The Morgan fingerprint density at radius 2 is 2.25 bits per heavy atom. The van der Waals surface area contributed by atoms with E-state index in [0.29, 0.717) is 18.0 Å².